The molecule has 1 atom stereocenters. The molecule has 0 heterocycles. The van der Waals surface area contributed by atoms with Crippen LogP contribution in [0.5, 0.6) is 0 Å². The van der Waals surface area contributed by atoms with E-state index in [1.54, 1.807) is 0 Å². The van der Waals surface area contributed by atoms with E-state index in [1.165, 1.54) is 6.07 Å². The molecule has 0 amide bonds. The fourth-order valence-corrected chi connectivity index (χ4v) is 1.30. The molecule has 0 bridgehead atoms. The minimum absolute atomic E-state index is 0.00620. The van der Waals surface area contributed by atoms with Crippen molar-refractivity contribution in [3.05, 3.63) is 35.1 Å². The van der Waals surface area contributed by atoms with Gasteiger partial charge < -0.3 is 0 Å². The van der Waals surface area contributed by atoms with Gasteiger partial charge in [-0.25, -0.2) is 4.39 Å². The molecule has 0 aliphatic heterocycles. The molecule has 84 valence electrons. The normalized spacial score (nSPS) is 14.0. The summed E-state index contributed by atoms with van der Waals surface area (Å²) >= 11 is 0. The van der Waals surface area contributed by atoms with Crippen molar-refractivity contribution in [3.8, 4) is 0 Å². The number of benzene rings is 1. The molecule has 0 aliphatic carbocycles. The molecule has 1 rings (SSSR count). The van der Waals surface area contributed by atoms with Crippen molar-refractivity contribution in [1.29, 1.82) is 0 Å². The lowest BCUT2D eigenvalue weighted by Crippen LogP contribution is -2.09. The van der Waals surface area contributed by atoms with Gasteiger partial charge in [0.25, 0.3) is 0 Å². The third kappa shape index (κ3) is 2.70. The minimum Gasteiger partial charge on any atom is -0.206 e. The topological polar surface area (TPSA) is 0 Å². The Kier molecular flexibility index (Phi) is 3.37. The van der Waals surface area contributed by atoms with Gasteiger partial charge in [-0.3, -0.25) is 0 Å². The van der Waals surface area contributed by atoms with E-state index in [0.29, 0.717) is 5.56 Å². The Labute approximate surface area is 85.9 Å². The Bertz CT molecular complexity index is 341. The Balaban J connectivity index is 3.17. The first kappa shape index (κ1) is 12.0. The number of hydrogen-bond acceptors (Lipinski definition) is 0. The molecule has 0 saturated carbocycles. The highest BCUT2D eigenvalue weighted by atomic mass is 19.4. The van der Waals surface area contributed by atoms with Crippen LogP contribution in [-0.4, -0.2) is 0 Å². The van der Waals surface area contributed by atoms with Gasteiger partial charge in [-0.15, -0.1) is 0 Å². The molecule has 0 saturated heterocycles. The summed E-state index contributed by atoms with van der Waals surface area (Å²) in [6.07, 6.45) is -3.89. The van der Waals surface area contributed by atoms with Crippen LogP contribution in [0.25, 0.3) is 0 Å². The van der Waals surface area contributed by atoms with Crippen LogP contribution >= 0.6 is 0 Å². The maximum absolute atomic E-state index is 12.9. The summed E-state index contributed by atoms with van der Waals surface area (Å²) in [4.78, 5) is 0. The van der Waals surface area contributed by atoms with Crippen molar-refractivity contribution in [2.75, 3.05) is 0 Å². The fraction of sp³-hybridized carbons (Fsp3) is 0.455. The SMILES string of the molecule is CCC(C)c1ccc(F)c(C(F)(F)F)c1. The highest BCUT2D eigenvalue weighted by Gasteiger charge is 2.34. The number of hydrogen-bond donors (Lipinski definition) is 0. The van der Waals surface area contributed by atoms with E-state index in [-0.39, 0.29) is 5.92 Å². The van der Waals surface area contributed by atoms with Crippen LogP contribution in [0.3, 0.4) is 0 Å². The van der Waals surface area contributed by atoms with Gasteiger partial charge in [0.05, 0.1) is 5.56 Å². The third-order valence-corrected chi connectivity index (χ3v) is 2.48. The van der Waals surface area contributed by atoms with E-state index in [9.17, 15) is 17.6 Å². The van der Waals surface area contributed by atoms with E-state index in [0.717, 1.165) is 18.6 Å². The van der Waals surface area contributed by atoms with Gasteiger partial charge in [-0.1, -0.05) is 19.9 Å². The van der Waals surface area contributed by atoms with Crippen LogP contribution in [0.2, 0.25) is 0 Å². The first-order valence-electron chi connectivity index (χ1n) is 4.73. The lowest BCUT2D eigenvalue weighted by molar-refractivity contribution is -0.140. The van der Waals surface area contributed by atoms with Crippen LogP contribution < -0.4 is 0 Å². The zero-order valence-electron chi connectivity index (χ0n) is 8.53. The molecule has 0 aliphatic rings. The second kappa shape index (κ2) is 4.21. The van der Waals surface area contributed by atoms with E-state index in [2.05, 4.69) is 0 Å². The average Bonchev–Trinajstić information content (AvgIpc) is 2.15. The molecule has 15 heavy (non-hydrogen) atoms. The predicted octanol–water partition coefficient (Wildman–Crippen LogP) is 4.36. The smallest absolute Gasteiger partial charge is 0.206 e. The molecule has 0 N–H and O–H groups in total. The van der Waals surface area contributed by atoms with E-state index in [4.69, 9.17) is 0 Å². The minimum atomic E-state index is -4.62. The molecule has 0 nitrogen and oxygen atoms in total. The van der Waals surface area contributed by atoms with Crippen molar-refractivity contribution in [2.24, 2.45) is 0 Å². The Morgan fingerprint density at radius 1 is 1.27 bits per heavy atom. The molecule has 0 aromatic heterocycles. The summed E-state index contributed by atoms with van der Waals surface area (Å²) in [5, 5.41) is 0. The van der Waals surface area contributed by atoms with Crippen molar-refractivity contribution in [1.82, 2.24) is 0 Å². The van der Waals surface area contributed by atoms with E-state index in [1.807, 2.05) is 13.8 Å². The monoisotopic (exact) mass is 220 g/mol. The van der Waals surface area contributed by atoms with Crippen molar-refractivity contribution in [3.63, 3.8) is 0 Å². The maximum atomic E-state index is 12.9. The standard InChI is InChI=1S/C11H12F4/c1-3-7(2)8-4-5-10(12)9(6-8)11(13,14)15/h4-7H,3H2,1-2H3. The summed E-state index contributed by atoms with van der Waals surface area (Å²) in [5.41, 5.74) is -0.661. The molecule has 0 fully saturated rings. The van der Waals surface area contributed by atoms with Gasteiger partial charge in [-0.2, -0.15) is 13.2 Å². The van der Waals surface area contributed by atoms with Crippen molar-refractivity contribution in [2.45, 2.75) is 32.4 Å². The Morgan fingerprint density at radius 3 is 2.33 bits per heavy atom. The van der Waals surface area contributed by atoms with Crippen LogP contribution in [0.4, 0.5) is 17.6 Å². The van der Waals surface area contributed by atoms with Crippen LogP contribution in [-0.2, 0) is 6.18 Å². The summed E-state index contributed by atoms with van der Waals surface area (Å²) in [5.74, 6) is -1.21. The number of alkyl halides is 3. The summed E-state index contributed by atoms with van der Waals surface area (Å²) in [7, 11) is 0. The van der Waals surface area contributed by atoms with Crippen LogP contribution in [0.1, 0.15) is 37.3 Å². The van der Waals surface area contributed by atoms with Gasteiger partial charge in [0.15, 0.2) is 0 Å². The first-order valence-corrected chi connectivity index (χ1v) is 4.73. The van der Waals surface area contributed by atoms with Crippen LogP contribution in [0, 0.1) is 5.82 Å². The Hall–Kier alpha value is -1.06. The van der Waals surface area contributed by atoms with E-state index >= 15 is 0 Å². The second-order valence-electron chi connectivity index (χ2n) is 3.55. The van der Waals surface area contributed by atoms with Gasteiger partial charge >= 0.3 is 6.18 Å². The average molecular weight is 220 g/mol. The predicted molar refractivity (Wildman–Crippen MR) is 50.1 cm³/mol. The lowest BCUT2D eigenvalue weighted by Gasteiger charge is -2.13. The quantitative estimate of drug-likeness (QED) is 0.649. The lowest BCUT2D eigenvalue weighted by atomic mass is 9.96. The number of halogens is 4. The van der Waals surface area contributed by atoms with Gasteiger partial charge in [-0.05, 0) is 30.0 Å². The first-order chi connectivity index (χ1) is 6.86. The molecular formula is C11H12F4. The summed E-state index contributed by atoms with van der Waals surface area (Å²) in [6.45, 7) is 3.69. The highest BCUT2D eigenvalue weighted by molar-refractivity contribution is 5.29. The highest BCUT2D eigenvalue weighted by Crippen LogP contribution is 2.33. The van der Waals surface area contributed by atoms with E-state index < -0.39 is 17.6 Å². The van der Waals surface area contributed by atoms with Gasteiger partial charge in [0, 0.05) is 0 Å². The molecule has 1 aromatic carbocycles. The molecule has 0 radical (unpaired) electrons. The maximum Gasteiger partial charge on any atom is 0.419 e. The Morgan fingerprint density at radius 2 is 1.87 bits per heavy atom. The zero-order chi connectivity index (χ0) is 11.6. The number of rotatable bonds is 2. The van der Waals surface area contributed by atoms with Crippen molar-refractivity contribution < 1.29 is 17.6 Å². The molecule has 1 aromatic rings. The molecular weight excluding hydrogens is 208 g/mol. The molecule has 4 heteroatoms. The van der Waals surface area contributed by atoms with Crippen molar-refractivity contribution >= 4 is 0 Å². The molecule has 1 unspecified atom stereocenters. The van der Waals surface area contributed by atoms with Gasteiger partial charge in [0.1, 0.15) is 5.82 Å². The fourth-order valence-electron chi connectivity index (χ4n) is 1.30. The summed E-state index contributed by atoms with van der Waals surface area (Å²) in [6, 6.07) is 3.17. The molecule has 0 spiro atoms. The summed E-state index contributed by atoms with van der Waals surface area (Å²) < 4.78 is 50.0. The second-order valence-corrected chi connectivity index (χ2v) is 3.55. The van der Waals surface area contributed by atoms with Crippen LogP contribution in [0.15, 0.2) is 18.2 Å². The largest absolute Gasteiger partial charge is 0.419 e. The zero-order valence-corrected chi connectivity index (χ0v) is 8.53. The van der Waals surface area contributed by atoms with Gasteiger partial charge in [0.2, 0.25) is 0 Å². The third-order valence-electron chi connectivity index (χ3n) is 2.48.